The smallest absolute Gasteiger partial charge is 0.304 e. The standard InChI is InChI=1S/C11H14N2O5S/c1-7(15)10-4-9(13(16)17)11(19-10)12-2-3-18-6-8(12)5-14/h4,8,14H,2-3,5-6H2,1H3. The Kier molecular flexibility index (Phi) is 4.13. The fraction of sp³-hybridized carbons (Fsp3) is 0.545. The van der Waals surface area contributed by atoms with Crippen molar-refractivity contribution in [1.29, 1.82) is 0 Å². The molecular formula is C11H14N2O5S. The van der Waals surface area contributed by atoms with E-state index in [-0.39, 0.29) is 24.1 Å². The zero-order valence-electron chi connectivity index (χ0n) is 10.4. The van der Waals surface area contributed by atoms with Gasteiger partial charge in [0, 0.05) is 12.6 Å². The molecule has 104 valence electrons. The summed E-state index contributed by atoms with van der Waals surface area (Å²) in [4.78, 5) is 24.0. The summed E-state index contributed by atoms with van der Waals surface area (Å²) in [5, 5.41) is 20.8. The lowest BCUT2D eigenvalue weighted by molar-refractivity contribution is -0.383. The molecule has 8 heteroatoms. The summed E-state index contributed by atoms with van der Waals surface area (Å²) >= 11 is 1.09. The largest absolute Gasteiger partial charge is 0.394 e. The number of aliphatic hydroxyl groups is 1. The Balaban J connectivity index is 2.41. The van der Waals surface area contributed by atoms with E-state index in [9.17, 15) is 20.0 Å². The van der Waals surface area contributed by atoms with Gasteiger partial charge in [0.25, 0.3) is 0 Å². The normalized spacial score (nSPS) is 19.5. The van der Waals surface area contributed by atoms with Crippen LogP contribution in [-0.4, -0.2) is 48.2 Å². The van der Waals surface area contributed by atoms with Crippen LogP contribution in [0.3, 0.4) is 0 Å². The number of nitrogens with zero attached hydrogens (tertiary/aromatic N) is 2. The van der Waals surface area contributed by atoms with Crippen molar-refractivity contribution in [3.8, 4) is 0 Å². The number of carbonyl (C=O) groups excluding carboxylic acids is 1. The molecule has 0 aromatic carbocycles. The third-order valence-electron chi connectivity index (χ3n) is 2.94. The molecule has 0 aliphatic carbocycles. The minimum absolute atomic E-state index is 0.0875. The molecule has 2 rings (SSSR count). The third-order valence-corrected chi connectivity index (χ3v) is 4.20. The second kappa shape index (κ2) is 5.64. The minimum atomic E-state index is -0.498. The highest BCUT2D eigenvalue weighted by atomic mass is 32.1. The van der Waals surface area contributed by atoms with E-state index >= 15 is 0 Å². The van der Waals surface area contributed by atoms with E-state index in [4.69, 9.17) is 4.74 Å². The SMILES string of the molecule is CC(=O)c1cc([N+](=O)[O-])c(N2CCOCC2CO)s1. The molecule has 0 radical (unpaired) electrons. The lowest BCUT2D eigenvalue weighted by Crippen LogP contribution is -2.47. The highest BCUT2D eigenvalue weighted by molar-refractivity contribution is 7.18. The fourth-order valence-electron chi connectivity index (χ4n) is 1.96. The molecule has 0 saturated carbocycles. The highest BCUT2D eigenvalue weighted by Crippen LogP contribution is 2.39. The van der Waals surface area contributed by atoms with Crippen LogP contribution >= 0.6 is 11.3 Å². The summed E-state index contributed by atoms with van der Waals surface area (Å²) in [6, 6.07) is 0.984. The number of aliphatic hydroxyl groups excluding tert-OH is 1. The first-order chi connectivity index (χ1) is 9.04. The Morgan fingerprint density at radius 3 is 3.05 bits per heavy atom. The van der Waals surface area contributed by atoms with Gasteiger partial charge in [0.2, 0.25) is 0 Å². The van der Waals surface area contributed by atoms with E-state index in [2.05, 4.69) is 0 Å². The zero-order chi connectivity index (χ0) is 14.0. The Labute approximate surface area is 113 Å². The maximum Gasteiger partial charge on any atom is 0.304 e. The molecule has 1 aromatic rings. The van der Waals surface area contributed by atoms with Gasteiger partial charge in [-0.1, -0.05) is 0 Å². The summed E-state index contributed by atoms with van der Waals surface area (Å²) in [6.07, 6.45) is 0. The van der Waals surface area contributed by atoms with Crippen molar-refractivity contribution in [2.45, 2.75) is 13.0 Å². The second-order valence-electron chi connectivity index (χ2n) is 4.22. The highest BCUT2D eigenvalue weighted by Gasteiger charge is 2.31. The van der Waals surface area contributed by atoms with Crippen LogP contribution in [0.2, 0.25) is 0 Å². The lowest BCUT2D eigenvalue weighted by atomic mass is 10.2. The molecule has 1 atom stereocenters. The maximum absolute atomic E-state index is 11.4. The number of hydrogen-bond donors (Lipinski definition) is 1. The molecule has 0 amide bonds. The Bertz CT molecular complexity index is 501. The van der Waals surface area contributed by atoms with Crippen molar-refractivity contribution in [2.24, 2.45) is 0 Å². The first-order valence-electron chi connectivity index (χ1n) is 5.79. The molecule has 1 aliphatic rings. The number of ether oxygens (including phenoxy) is 1. The van der Waals surface area contributed by atoms with Crippen molar-refractivity contribution in [1.82, 2.24) is 0 Å². The van der Waals surface area contributed by atoms with E-state index in [1.165, 1.54) is 13.0 Å². The number of morpholine rings is 1. The van der Waals surface area contributed by atoms with Gasteiger partial charge in [-0.05, 0) is 6.92 Å². The number of thiophene rings is 1. The molecule has 1 N–H and O–H groups in total. The molecule has 7 nitrogen and oxygen atoms in total. The number of hydrogen-bond acceptors (Lipinski definition) is 7. The van der Waals surface area contributed by atoms with Crippen LogP contribution in [0.5, 0.6) is 0 Å². The molecule has 1 fully saturated rings. The van der Waals surface area contributed by atoms with E-state index < -0.39 is 4.92 Å². The third kappa shape index (κ3) is 2.75. The van der Waals surface area contributed by atoms with E-state index in [0.29, 0.717) is 29.6 Å². The van der Waals surface area contributed by atoms with Gasteiger partial charge in [0.15, 0.2) is 10.8 Å². The summed E-state index contributed by atoms with van der Waals surface area (Å²) in [5.41, 5.74) is -0.0875. The molecule has 2 heterocycles. The molecule has 1 aliphatic heterocycles. The summed E-state index contributed by atoms with van der Waals surface area (Å²) < 4.78 is 5.25. The molecule has 1 saturated heterocycles. The van der Waals surface area contributed by atoms with Crippen molar-refractivity contribution < 1.29 is 19.6 Å². The summed E-state index contributed by atoms with van der Waals surface area (Å²) in [6.45, 7) is 2.46. The van der Waals surface area contributed by atoms with E-state index in [1.54, 1.807) is 4.90 Å². The second-order valence-corrected chi connectivity index (χ2v) is 5.25. The van der Waals surface area contributed by atoms with Crippen LogP contribution in [-0.2, 0) is 4.74 Å². The van der Waals surface area contributed by atoms with Crippen LogP contribution in [0.25, 0.3) is 0 Å². The first kappa shape index (κ1) is 13.9. The minimum Gasteiger partial charge on any atom is -0.394 e. The van der Waals surface area contributed by atoms with Crippen LogP contribution < -0.4 is 4.90 Å². The molecule has 0 bridgehead atoms. The molecular weight excluding hydrogens is 272 g/mol. The van der Waals surface area contributed by atoms with Crippen LogP contribution in [0.1, 0.15) is 16.6 Å². The molecule has 19 heavy (non-hydrogen) atoms. The monoisotopic (exact) mass is 286 g/mol. The number of rotatable bonds is 4. The van der Waals surface area contributed by atoms with Crippen molar-refractivity contribution in [3.05, 3.63) is 21.1 Å². The summed E-state index contributed by atoms with van der Waals surface area (Å²) in [5.74, 6) is -0.201. The van der Waals surface area contributed by atoms with Gasteiger partial charge in [-0.15, -0.1) is 11.3 Å². The van der Waals surface area contributed by atoms with Crippen molar-refractivity contribution in [2.75, 3.05) is 31.3 Å². The van der Waals surface area contributed by atoms with Gasteiger partial charge < -0.3 is 14.7 Å². The van der Waals surface area contributed by atoms with Crippen molar-refractivity contribution in [3.63, 3.8) is 0 Å². The fourth-order valence-corrected chi connectivity index (χ4v) is 3.07. The zero-order valence-corrected chi connectivity index (χ0v) is 11.2. The van der Waals surface area contributed by atoms with Gasteiger partial charge in [-0.25, -0.2) is 0 Å². The van der Waals surface area contributed by atoms with Gasteiger partial charge in [-0.3, -0.25) is 14.9 Å². The predicted octanol–water partition coefficient (Wildman–Crippen LogP) is 1.06. The van der Waals surface area contributed by atoms with Crippen LogP contribution in [0.15, 0.2) is 6.07 Å². The van der Waals surface area contributed by atoms with Gasteiger partial charge in [0.05, 0.1) is 35.7 Å². The number of anilines is 1. The predicted molar refractivity (Wildman–Crippen MR) is 70.0 cm³/mol. The Morgan fingerprint density at radius 1 is 1.74 bits per heavy atom. The quantitative estimate of drug-likeness (QED) is 0.505. The number of nitro groups is 1. The van der Waals surface area contributed by atoms with Crippen molar-refractivity contribution >= 4 is 27.8 Å². The number of Topliss-reactive ketones (excluding diaryl/α,β-unsaturated/α-hetero) is 1. The van der Waals surface area contributed by atoms with Gasteiger partial charge in [-0.2, -0.15) is 0 Å². The number of carbonyl (C=O) groups is 1. The average molecular weight is 286 g/mol. The van der Waals surface area contributed by atoms with E-state index in [1.807, 2.05) is 0 Å². The summed E-state index contributed by atoms with van der Waals surface area (Å²) in [7, 11) is 0. The Morgan fingerprint density at radius 2 is 2.47 bits per heavy atom. The first-order valence-corrected chi connectivity index (χ1v) is 6.60. The van der Waals surface area contributed by atoms with Crippen LogP contribution in [0.4, 0.5) is 10.7 Å². The maximum atomic E-state index is 11.4. The topological polar surface area (TPSA) is 92.9 Å². The molecule has 0 spiro atoms. The van der Waals surface area contributed by atoms with Gasteiger partial charge in [0.1, 0.15) is 0 Å². The Hall–Kier alpha value is -1.51. The van der Waals surface area contributed by atoms with E-state index in [0.717, 1.165) is 11.3 Å². The van der Waals surface area contributed by atoms with Crippen LogP contribution in [0, 0.1) is 10.1 Å². The van der Waals surface area contributed by atoms with Gasteiger partial charge >= 0.3 is 5.69 Å². The molecule has 1 unspecified atom stereocenters. The number of ketones is 1. The lowest BCUT2D eigenvalue weighted by Gasteiger charge is -2.34. The average Bonchev–Trinajstić information content (AvgIpc) is 2.83. The molecule has 1 aromatic heterocycles.